The molecule has 0 unspecified atom stereocenters. The SMILES string of the molecule is O=C(COC(=O)CSc1ccccc1)Nc1ccc(F)c(F)c1F. The van der Waals surface area contributed by atoms with E-state index in [1.54, 1.807) is 0 Å². The molecule has 2 aromatic rings. The van der Waals surface area contributed by atoms with Crippen molar-refractivity contribution in [2.24, 2.45) is 0 Å². The lowest BCUT2D eigenvalue weighted by Gasteiger charge is -2.08. The van der Waals surface area contributed by atoms with Gasteiger partial charge >= 0.3 is 5.97 Å². The monoisotopic (exact) mass is 355 g/mol. The van der Waals surface area contributed by atoms with Crippen LogP contribution in [-0.2, 0) is 14.3 Å². The summed E-state index contributed by atoms with van der Waals surface area (Å²) in [4.78, 5) is 24.0. The van der Waals surface area contributed by atoms with Gasteiger partial charge in [-0.25, -0.2) is 13.2 Å². The summed E-state index contributed by atoms with van der Waals surface area (Å²) in [6.45, 7) is -0.660. The number of carbonyl (C=O) groups is 2. The van der Waals surface area contributed by atoms with E-state index in [9.17, 15) is 22.8 Å². The quantitative estimate of drug-likeness (QED) is 0.490. The van der Waals surface area contributed by atoms with Gasteiger partial charge in [-0.2, -0.15) is 0 Å². The van der Waals surface area contributed by atoms with Crippen LogP contribution in [-0.4, -0.2) is 24.2 Å². The van der Waals surface area contributed by atoms with Gasteiger partial charge in [-0.15, -0.1) is 11.8 Å². The standard InChI is InChI=1S/C16H12F3NO3S/c17-11-6-7-12(16(19)15(11)18)20-13(21)8-23-14(22)9-24-10-4-2-1-3-5-10/h1-7H,8-9H2,(H,20,21). The molecule has 1 N–H and O–H groups in total. The zero-order chi connectivity index (χ0) is 17.5. The van der Waals surface area contributed by atoms with Crippen LogP contribution in [0.2, 0.25) is 0 Å². The third-order valence-corrected chi connectivity index (χ3v) is 3.76. The van der Waals surface area contributed by atoms with E-state index < -0.39 is 41.6 Å². The Bertz CT molecular complexity index is 741. The molecule has 0 heterocycles. The maximum atomic E-state index is 13.4. The summed E-state index contributed by atoms with van der Waals surface area (Å²) >= 11 is 1.23. The Morgan fingerprint density at radius 3 is 2.42 bits per heavy atom. The molecule has 0 fully saturated rings. The summed E-state index contributed by atoms with van der Waals surface area (Å²) in [5.74, 6) is -6.08. The number of ether oxygens (including phenoxy) is 1. The van der Waals surface area contributed by atoms with Crippen molar-refractivity contribution < 1.29 is 27.5 Å². The molecule has 0 aliphatic heterocycles. The van der Waals surface area contributed by atoms with E-state index >= 15 is 0 Å². The molecule has 0 saturated carbocycles. The smallest absolute Gasteiger partial charge is 0.316 e. The van der Waals surface area contributed by atoms with Crippen LogP contribution in [0.3, 0.4) is 0 Å². The van der Waals surface area contributed by atoms with Gasteiger partial charge in [0.2, 0.25) is 0 Å². The fourth-order valence-corrected chi connectivity index (χ4v) is 2.37. The van der Waals surface area contributed by atoms with Crippen molar-refractivity contribution in [1.29, 1.82) is 0 Å². The zero-order valence-corrected chi connectivity index (χ0v) is 13.0. The van der Waals surface area contributed by atoms with Gasteiger partial charge in [0.25, 0.3) is 5.91 Å². The van der Waals surface area contributed by atoms with Crippen LogP contribution < -0.4 is 5.32 Å². The first-order valence-electron chi connectivity index (χ1n) is 6.74. The second kappa shape index (κ2) is 8.39. The van der Waals surface area contributed by atoms with Crippen molar-refractivity contribution in [3.63, 3.8) is 0 Å². The van der Waals surface area contributed by atoms with Crippen LogP contribution in [0.4, 0.5) is 18.9 Å². The highest BCUT2D eigenvalue weighted by atomic mass is 32.2. The average molecular weight is 355 g/mol. The molecule has 0 spiro atoms. The molecule has 2 rings (SSSR count). The zero-order valence-electron chi connectivity index (χ0n) is 12.2. The number of hydrogen-bond donors (Lipinski definition) is 1. The van der Waals surface area contributed by atoms with Gasteiger partial charge in [0.05, 0.1) is 11.4 Å². The Labute approximate surface area is 140 Å². The second-order valence-electron chi connectivity index (χ2n) is 4.53. The first kappa shape index (κ1) is 17.9. The maximum Gasteiger partial charge on any atom is 0.316 e. The average Bonchev–Trinajstić information content (AvgIpc) is 2.59. The molecule has 1 amide bonds. The lowest BCUT2D eigenvalue weighted by molar-refractivity contribution is -0.144. The van der Waals surface area contributed by atoms with Crippen LogP contribution in [0.1, 0.15) is 0 Å². The lowest BCUT2D eigenvalue weighted by Crippen LogP contribution is -2.22. The van der Waals surface area contributed by atoms with E-state index in [4.69, 9.17) is 4.74 Å². The van der Waals surface area contributed by atoms with Gasteiger partial charge in [0, 0.05) is 4.90 Å². The van der Waals surface area contributed by atoms with Gasteiger partial charge < -0.3 is 10.1 Å². The number of anilines is 1. The topological polar surface area (TPSA) is 55.4 Å². The molecule has 0 radical (unpaired) electrons. The van der Waals surface area contributed by atoms with Crippen LogP contribution in [0, 0.1) is 17.5 Å². The minimum Gasteiger partial charge on any atom is -0.455 e. The minimum absolute atomic E-state index is 0.00314. The number of esters is 1. The van der Waals surface area contributed by atoms with E-state index in [0.717, 1.165) is 11.0 Å². The summed E-state index contributed by atoms with van der Waals surface area (Å²) < 4.78 is 43.9. The van der Waals surface area contributed by atoms with E-state index in [1.165, 1.54) is 11.8 Å². The summed E-state index contributed by atoms with van der Waals surface area (Å²) in [7, 11) is 0. The number of thioether (sulfide) groups is 1. The summed E-state index contributed by atoms with van der Waals surface area (Å²) in [6, 6.07) is 10.7. The molecule has 0 atom stereocenters. The van der Waals surface area contributed by atoms with Crippen molar-refractivity contribution in [2.75, 3.05) is 17.7 Å². The molecule has 8 heteroatoms. The fourth-order valence-electron chi connectivity index (χ4n) is 1.66. The van der Waals surface area contributed by atoms with E-state index in [0.29, 0.717) is 6.07 Å². The van der Waals surface area contributed by atoms with Crippen LogP contribution in [0.15, 0.2) is 47.4 Å². The van der Waals surface area contributed by atoms with E-state index in [-0.39, 0.29) is 5.75 Å². The third kappa shape index (κ3) is 5.02. The van der Waals surface area contributed by atoms with E-state index in [2.05, 4.69) is 0 Å². The summed E-state index contributed by atoms with van der Waals surface area (Å²) in [6.07, 6.45) is 0. The molecule has 24 heavy (non-hydrogen) atoms. The maximum absolute atomic E-state index is 13.4. The van der Waals surface area contributed by atoms with Crippen molar-refractivity contribution in [1.82, 2.24) is 0 Å². The summed E-state index contributed by atoms with van der Waals surface area (Å²) in [5.41, 5.74) is -0.534. The highest BCUT2D eigenvalue weighted by molar-refractivity contribution is 8.00. The predicted molar refractivity (Wildman–Crippen MR) is 83.1 cm³/mol. The molecule has 2 aromatic carbocycles. The minimum atomic E-state index is -1.69. The Morgan fingerprint density at radius 2 is 1.71 bits per heavy atom. The molecule has 0 aromatic heterocycles. The van der Waals surface area contributed by atoms with Crippen molar-refractivity contribution >= 4 is 29.3 Å². The normalized spacial score (nSPS) is 10.3. The van der Waals surface area contributed by atoms with Gasteiger partial charge in [0.15, 0.2) is 24.1 Å². The highest BCUT2D eigenvalue weighted by Crippen LogP contribution is 2.19. The second-order valence-corrected chi connectivity index (χ2v) is 5.58. The number of amides is 1. The number of nitrogens with one attached hydrogen (secondary N) is 1. The number of halogens is 3. The molecular formula is C16H12F3NO3S. The van der Waals surface area contributed by atoms with Gasteiger partial charge in [-0.1, -0.05) is 18.2 Å². The first-order chi connectivity index (χ1) is 11.5. The molecule has 0 aliphatic carbocycles. The Morgan fingerprint density at radius 1 is 1.00 bits per heavy atom. The molecule has 0 bridgehead atoms. The van der Waals surface area contributed by atoms with Crippen LogP contribution in [0.5, 0.6) is 0 Å². The molecule has 4 nitrogen and oxygen atoms in total. The molecule has 0 aliphatic rings. The number of hydrogen-bond acceptors (Lipinski definition) is 4. The Kier molecular flexibility index (Phi) is 6.25. The predicted octanol–water partition coefficient (Wildman–Crippen LogP) is 3.38. The Hall–Kier alpha value is -2.48. The number of rotatable bonds is 6. The first-order valence-corrected chi connectivity index (χ1v) is 7.72. The Balaban J connectivity index is 1.79. The fraction of sp³-hybridized carbons (Fsp3) is 0.125. The number of carbonyl (C=O) groups excluding carboxylic acids is 2. The highest BCUT2D eigenvalue weighted by Gasteiger charge is 2.16. The van der Waals surface area contributed by atoms with Crippen molar-refractivity contribution in [3.8, 4) is 0 Å². The van der Waals surface area contributed by atoms with Crippen molar-refractivity contribution in [3.05, 3.63) is 59.9 Å². The van der Waals surface area contributed by atoms with Crippen LogP contribution in [0.25, 0.3) is 0 Å². The molecule has 0 saturated heterocycles. The number of benzene rings is 2. The van der Waals surface area contributed by atoms with Gasteiger partial charge in [0.1, 0.15) is 0 Å². The van der Waals surface area contributed by atoms with Gasteiger partial charge in [-0.3, -0.25) is 9.59 Å². The third-order valence-electron chi connectivity index (χ3n) is 2.77. The molecular weight excluding hydrogens is 343 g/mol. The molecule has 126 valence electrons. The van der Waals surface area contributed by atoms with Crippen molar-refractivity contribution in [2.45, 2.75) is 4.90 Å². The van der Waals surface area contributed by atoms with Crippen LogP contribution >= 0.6 is 11.8 Å². The van der Waals surface area contributed by atoms with Gasteiger partial charge in [-0.05, 0) is 24.3 Å². The lowest BCUT2D eigenvalue weighted by atomic mass is 10.3. The summed E-state index contributed by atoms with van der Waals surface area (Å²) in [5, 5.41) is 2.00. The largest absolute Gasteiger partial charge is 0.455 e. The van der Waals surface area contributed by atoms with E-state index in [1.807, 2.05) is 35.6 Å².